The van der Waals surface area contributed by atoms with Gasteiger partial charge in [0, 0.05) is 0 Å². The number of fused-ring (bicyclic) bond motifs is 1. The summed E-state index contributed by atoms with van der Waals surface area (Å²) in [7, 11) is 0. The van der Waals surface area contributed by atoms with E-state index in [1.54, 1.807) is 18.6 Å². The maximum atomic E-state index is 14.6. The predicted molar refractivity (Wildman–Crippen MR) is 162 cm³/mol. The van der Waals surface area contributed by atoms with Crippen molar-refractivity contribution in [3.8, 4) is 5.75 Å². The molecule has 5 rings (SSSR count). The van der Waals surface area contributed by atoms with E-state index in [2.05, 4.69) is 6.92 Å². The second kappa shape index (κ2) is 14.7. The minimum atomic E-state index is -0.817. The van der Waals surface area contributed by atoms with Gasteiger partial charge in [0.25, 0.3) is 0 Å². The third-order valence-corrected chi connectivity index (χ3v) is 11.9. The van der Waals surface area contributed by atoms with Crippen LogP contribution in [-0.4, -0.2) is 6.61 Å². The Bertz CT molecular complexity index is 940. The highest BCUT2D eigenvalue weighted by Crippen LogP contribution is 2.52. The van der Waals surface area contributed by atoms with E-state index in [1.807, 2.05) is 19.1 Å². The SMILES string of the molecule is CC=CCCc1ccc(OCC2CCC(C3CCC4CC(C5CCC(CCC)CC5)CCC4C3)CC2)c(F)c1F. The molecule has 4 fully saturated rings. The molecule has 3 heteroatoms. The largest absolute Gasteiger partial charge is 0.490 e. The average Bonchev–Trinajstić information content (AvgIpc) is 2.99. The van der Waals surface area contributed by atoms with Gasteiger partial charge in [-0.25, -0.2) is 4.39 Å². The van der Waals surface area contributed by atoms with Gasteiger partial charge in [-0.3, -0.25) is 0 Å². The molecule has 4 aliphatic carbocycles. The minimum Gasteiger partial charge on any atom is -0.490 e. The number of halogens is 2. The van der Waals surface area contributed by atoms with Gasteiger partial charge in [0.15, 0.2) is 11.6 Å². The fourth-order valence-electron chi connectivity index (χ4n) is 9.49. The average molecular weight is 555 g/mol. The summed E-state index contributed by atoms with van der Waals surface area (Å²) in [4.78, 5) is 0. The lowest BCUT2D eigenvalue weighted by atomic mass is 9.58. The smallest absolute Gasteiger partial charge is 0.200 e. The van der Waals surface area contributed by atoms with Crippen molar-refractivity contribution in [2.75, 3.05) is 6.61 Å². The summed E-state index contributed by atoms with van der Waals surface area (Å²) in [6.07, 6.45) is 27.9. The zero-order chi connectivity index (χ0) is 27.9. The first-order valence-corrected chi connectivity index (χ1v) is 17.3. The highest BCUT2D eigenvalue weighted by molar-refractivity contribution is 5.31. The van der Waals surface area contributed by atoms with E-state index >= 15 is 0 Å². The van der Waals surface area contributed by atoms with Crippen LogP contribution in [0.3, 0.4) is 0 Å². The third kappa shape index (κ3) is 7.52. The van der Waals surface area contributed by atoms with Crippen LogP contribution in [0.1, 0.15) is 129 Å². The standard InChI is InChI=1S/C37H56F2O/c1-3-5-6-8-30-21-22-35(37(39)36(30)38)40-25-27-11-15-29(16-12-27)32-18-20-33-23-31(17-19-34(33)24-32)28-13-9-26(7-4-2)10-14-28/h3,5,21-22,26-29,31-34H,4,6-20,23-25H2,1-2H3. The molecule has 4 saturated carbocycles. The van der Waals surface area contributed by atoms with E-state index in [4.69, 9.17) is 4.74 Å². The molecule has 4 aliphatic rings. The maximum Gasteiger partial charge on any atom is 0.200 e. The lowest BCUT2D eigenvalue weighted by Gasteiger charge is -2.47. The summed E-state index contributed by atoms with van der Waals surface area (Å²) >= 11 is 0. The molecule has 0 heterocycles. The number of hydrogen-bond acceptors (Lipinski definition) is 1. The molecule has 40 heavy (non-hydrogen) atoms. The van der Waals surface area contributed by atoms with Gasteiger partial charge >= 0.3 is 0 Å². The van der Waals surface area contributed by atoms with Crippen molar-refractivity contribution in [2.24, 2.45) is 47.3 Å². The van der Waals surface area contributed by atoms with Crippen molar-refractivity contribution >= 4 is 0 Å². The molecule has 0 amide bonds. The quantitative estimate of drug-likeness (QED) is 0.261. The fraction of sp³-hybridized carbons (Fsp3) is 0.784. The van der Waals surface area contributed by atoms with Crippen molar-refractivity contribution in [1.29, 1.82) is 0 Å². The molecule has 4 unspecified atom stereocenters. The van der Waals surface area contributed by atoms with Crippen molar-refractivity contribution in [1.82, 2.24) is 0 Å². The van der Waals surface area contributed by atoms with E-state index in [-0.39, 0.29) is 5.75 Å². The van der Waals surface area contributed by atoms with Crippen LogP contribution in [-0.2, 0) is 6.42 Å². The van der Waals surface area contributed by atoms with Crippen molar-refractivity contribution in [3.05, 3.63) is 41.5 Å². The Morgan fingerprint density at radius 3 is 1.77 bits per heavy atom. The van der Waals surface area contributed by atoms with Gasteiger partial charge in [0.1, 0.15) is 0 Å². The highest BCUT2D eigenvalue weighted by atomic mass is 19.2. The van der Waals surface area contributed by atoms with E-state index in [1.165, 1.54) is 96.3 Å². The van der Waals surface area contributed by atoms with Gasteiger partial charge in [-0.2, -0.15) is 4.39 Å². The van der Waals surface area contributed by atoms with Gasteiger partial charge in [0.05, 0.1) is 6.61 Å². The first-order valence-electron chi connectivity index (χ1n) is 17.3. The molecule has 0 N–H and O–H groups in total. The number of allylic oxidation sites excluding steroid dienone is 2. The monoisotopic (exact) mass is 554 g/mol. The van der Waals surface area contributed by atoms with E-state index < -0.39 is 11.6 Å². The summed E-state index contributed by atoms with van der Waals surface area (Å²) in [5.41, 5.74) is 0.432. The molecular formula is C37H56F2O. The zero-order valence-corrected chi connectivity index (χ0v) is 25.5. The van der Waals surface area contributed by atoms with Crippen LogP contribution >= 0.6 is 0 Å². The fourth-order valence-corrected chi connectivity index (χ4v) is 9.49. The molecule has 0 bridgehead atoms. The van der Waals surface area contributed by atoms with Crippen LogP contribution in [0.15, 0.2) is 24.3 Å². The van der Waals surface area contributed by atoms with E-state index in [0.29, 0.717) is 24.5 Å². The molecular weight excluding hydrogens is 498 g/mol. The van der Waals surface area contributed by atoms with Crippen LogP contribution in [0, 0.1) is 59.0 Å². The number of ether oxygens (including phenoxy) is 1. The second-order valence-corrected chi connectivity index (χ2v) is 14.3. The van der Waals surface area contributed by atoms with E-state index in [9.17, 15) is 8.78 Å². The summed E-state index contributed by atoms with van der Waals surface area (Å²) in [6, 6.07) is 3.32. The van der Waals surface area contributed by atoms with Gasteiger partial charge in [-0.05, 0) is 156 Å². The molecule has 0 aliphatic heterocycles. The lowest BCUT2D eigenvalue weighted by molar-refractivity contribution is 0.0351. The minimum absolute atomic E-state index is 0.0809. The van der Waals surface area contributed by atoms with Gasteiger partial charge < -0.3 is 4.74 Å². The summed E-state index contributed by atoms with van der Waals surface area (Å²) in [6.45, 7) is 4.80. The normalized spacial score (nSPS) is 35.0. The maximum absolute atomic E-state index is 14.6. The van der Waals surface area contributed by atoms with Gasteiger partial charge in [-0.1, -0.05) is 50.8 Å². The zero-order valence-electron chi connectivity index (χ0n) is 25.5. The number of hydrogen-bond donors (Lipinski definition) is 0. The molecule has 224 valence electrons. The summed E-state index contributed by atoms with van der Waals surface area (Å²) in [5, 5.41) is 0. The van der Waals surface area contributed by atoms with Gasteiger partial charge in [0.2, 0.25) is 5.82 Å². The Morgan fingerprint density at radius 1 is 0.700 bits per heavy atom. The van der Waals surface area contributed by atoms with Gasteiger partial charge in [-0.15, -0.1) is 0 Å². The predicted octanol–water partition coefficient (Wildman–Crippen LogP) is 11.1. The van der Waals surface area contributed by atoms with Crippen molar-refractivity contribution in [2.45, 2.75) is 129 Å². The number of aryl methyl sites for hydroxylation is 1. The Kier molecular flexibility index (Phi) is 11.0. The Balaban J connectivity index is 1.02. The highest BCUT2D eigenvalue weighted by Gasteiger charge is 2.41. The van der Waals surface area contributed by atoms with Crippen molar-refractivity contribution in [3.63, 3.8) is 0 Å². The molecule has 4 atom stereocenters. The molecule has 1 nitrogen and oxygen atoms in total. The molecule has 1 aromatic rings. The summed E-state index contributed by atoms with van der Waals surface area (Å²) in [5.74, 6) is 5.88. The lowest BCUT2D eigenvalue weighted by Crippen LogP contribution is -2.37. The van der Waals surface area contributed by atoms with E-state index in [0.717, 1.165) is 47.8 Å². The van der Waals surface area contributed by atoms with Crippen LogP contribution in [0.4, 0.5) is 8.78 Å². The second-order valence-electron chi connectivity index (χ2n) is 14.3. The Morgan fingerprint density at radius 2 is 1.23 bits per heavy atom. The molecule has 0 spiro atoms. The molecule has 0 radical (unpaired) electrons. The Labute approximate surface area is 243 Å². The molecule has 1 aromatic carbocycles. The summed E-state index contributed by atoms with van der Waals surface area (Å²) < 4.78 is 35.0. The van der Waals surface area contributed by atoms with Crippen LogP contribution in [0.2, 0.25) is 0 Å². The first kappa shape index (κ1) is 30.1. The Hall–Kier alpha value is -1.38. The topological polar surface area (TPSA) is 9.23 Å². The van der Waals surface area contributed by atoms with Crippen molar-refractivity contribution < 1.29 is 13.5 Å². The third-order valence-electron chi connectivity index (χ3n) is 11.9. The number of benzene rings is 1. The molecule has 0 aromatic heterocycles. The first-order chi connectivity index (χ1) is 19.6. The van der Waals surface area contributed by atoms with Crippen LogP contribution in [0.25, 0.3) is 0 Å². The van der Waals surface area contributed by atoms with Crippen LogP contribution < -0.4 is 4.74 Å². The molecule has 0 saturated heterocycles. The van der Waals surface area contributed by atoms with Crippen LogP contribution in [0.5, 0.6) is 5.75 Å². The number of rotatable bonds is 10.